The molecule has 1 atom stereocenters. The van der Waals surface area contributed by atoms with E-state index >= 15 is 0 Å². The fourth-order valence-electron chi connectivity index (χ4n) is 5.34. The Morgan fingerprint density at radius 2 is 0.930 bits per heavy atom. The molecule has 254 valence electrons. The zero-order valence-electron chi connectivity index (χ0n) is 28.3. The number of aliphatic hydroxyl groups is 1. The number of carbonyl (C=O) groups is 3. The third kappa shape index (κ3) is 33.1. The molecule has 0 aromatic carbocycles. The lowest BCUT2D eigenvalue weighted by Gasteiger charge is -2.15. The molecular weight excluding hydrogens is 542 g/mol. The van der Waals surface area contributed by atoms with Crippen molar-refractivity contribution in [2.75, 3.05) is 19.8 Å². The molecule has 1 amide bonds. The predicted octanol–water partition coefficient (Wildman–Crippen LogP) is 9.12. The van der Waals surface area contributed by atoms with E-state index in [1.165, 1.54) is 116 Å². The Morgan fingerprint density at radius 3 is 1.33 bits per heavy atom. The molecule has 0 spiro atoms. The van der Waals surface area contributed by atoms with Gasteiger partial charge < -0.3 is 19.9 Å². The molecule has 0 aliphatic heterocycles. The number of nitrogens with one attached hydrogen (secondary N) is 1. The van der Waals surface area contributed by atoms with E-state index in [0.29, 0.717) is 12.8 Å². The zero-order chi connectivity index (χ0) is 31.6. The molecule has 43 heavy (non-hydrogen) atoms. The third-order valence-electron chi connectivity index (χ3n) is 8.10. The largest absolute Gasteiger partial charge is 0.462 e. The van der Waals surface area contributed by atoms with Crippen LogP contribution >= 0.6 is 0 Å². The van der Waals surface area contributed by atoms with E-state index in [1.54, 1.807) is 6.92 Å². The second-order valence-corrected chi connectivity index (χ2v) is 12.4. The molecule has 0 bridgehead atoms. The first-order valence-corrected chi connectivity index (χ1v) is 18.2. The number of esters is 2. The summed E-state index contributed by atoms with van der Waals surface area (Å²) in [5, 5.41) is 12.4. The van der Waals surface area contributed by atoms with Crippen LogP contribution in [0.2, 0.25) is 0 Å². The first kappa shape index (κ1) is 41.4. The summed E-state index contributed by atoms with van der Waals surface area (Å²) in [6.07, 6.45) is 30.3. The summed E-state index contributed by atoms with van der Waals surface area (Å²) in [5.74, 6) is -0.555. The number of rotatable bonds is 33. The topological polar surface area (TPSA) is 102 Å². The van der Waals surface area contributed by atoms with Gasteiger partial charge in [-0.05, 0) is 19.3 Å². The molecule has 0 radical (unpaired) electrons. The van der Waals surface area contributed by atoms with Gasteiger partial charge >= 0.3 is 11.9 Å². The fraction of sp³-hybridized carbons (Fsp3) is 0.917. The second kappa shape index (κ2) is 33.3. The average Bonchev–Trinajstić information content (AvgIpc) is 2.99. The predicted molar refractivity (Wildman–Crippen MR) is 177 cm³/mol. The average molecular weight is 612 g/mol. The monoisotopic (exact) mass is 612 g/mol. The minimum absolute atomic E-state index is 0.0563. The summed E-state index contributed by atoms with van der Waals surface area (Å²) in [7, 11) is 0. The lowest BCUT2D eigenvalue weighted by Crippen LogP contribution is -2.28. The number of hydrogen-bond donors (Lipinski definition) is 2. The second-order valence-electron chi connectivity index (χ2n) is 12.4. The molecular formula is C36H69NO6. The highest BCUT2D eigenvalue weighted by atomic mass is 16.6. The van der Waals surface area contributed by atoms with Crippen LogP contribution in [0.1, 0.15) is 187 Å². The van der Waals surface area contributed by atoms with E-state index in [4.69, 9.17) is 9.47 Å². The molecule has 0 aliphatic rings. The number of ether oxygens (including phenoxy) is 2. The van der Waals surface area contributed by atoms with Crippen molar-refractivity contribution in [3.63, 3.8) is 0 Å². The number of amides is 1. The lowest BCUT2D eigenvalue weighted by molar-refractivity contribution is -0.161. The molecule has 0 unspecified atom stereocenters. The van der Waals surface area contributed by atoms with Crippen molar-refractivity contribution in [1.82, 2.24) is 5.32 Å². The first-order chi connectivity index (χ1) is 21.0. The van der Waals surface area contributed by atoms with Crippen LogP contribution in [-0.2, 0) is 23.9 Å². The lowest BCUT2D eigenvalue weighted by atomic mass is 10.0. The summed E-state index contributed by atoms with van der Waals surface area (Å²) in [6, 6.07) is 0. The number of unbranched alkanes of at least 4 members (excludes halogenated alkanes) is 23. The quantitative estimate of drug-likeness (QED) is 0.0567. The fourth-order valence-corrected chi connectivity index (χ4v) is 5.34. The summed E-state index contributed by atoms with van der Waals surface area (Å²) >= 11 is 0. The molecule has 0 saturated carbocycles. The van der Waals surface area contributed by atoms with Crippen molar-refractivity contribution >= 4 is 17.8 Å². The van der Waals surface area contributed by atoms with E-state index in [-0.39, 0.29) is 31.1 Å². The summed E-state index contributed by atoms with van der Waals surface area (Å²) in [4.78, 5) is 35.0. The van der Waals surface area contributed by atoms with Gasteiger partial charge in [0.1, 0.15) is 6.61 Å². The van der Waals surface area contributed by atoms with Gasteiger partial charge in [0.25, 0.3) is 0 Å². The molecule has 0 saturated heterocycles. The molecule has 0 aromatic heterocycles. The van der Waals surface area contributed by atoms with Crippen LogP contribution in [0.15, 0.2) is 0 Å². The van der Waals surface area contributed by atoms with Crippen molar-refractivity contribution in [3.05, 3.63) is 0 Å². The van der Waals surface area contributed by atoms with E-state index < -0.39 is 6.10 Å². The molecule has 0 aromatic rings. The van der Waals surface area contributed by atoms with Crippen molar-refractivity contribution in [3.8, 4) is 0 Å². The van der Waals surface area contributed by atoms with Gasteiger partial charge in [0, 0.05) is 26.3 Å². The SMILES string of the molecule is CCCCCCCCCCCCCCCC(=O)O[C@H](CO)COC(=O)CCCCCCCCCCCCCCNC(C)=O. The highest BCUT2D eigenvalue weighted by Crippen LogP contribution is 2.14. The van der Waals surface area contributed by atoms with E-state index in [2.05, 4.69) is 12.2 Å². The molecule has 2 N–H and O–H groups in total. The van der Waals surface area contributed by atoms with E-state index in [9.17, 15) is 19.5 Å². The number of carbonyl (C=O) groups excluding carboxylic acids is 3. The van der Waals surface area contributed by atoms with Crippen molar-refractivity contribution in [2.24, 2.45) is 0 Å². The van der Waals surface area contributed by atoms with E-state index in [0.717, 1.165) is 51.5 Å². The summed E-state index contributed by atoms with van der Waals surface area (Å²) in [6.45, 7) is 4.20. The highest BCUT2D eigenvalue weighted by Gasteiger charge is 2.16. The third-order valence-corrected chi connectivity index (χ3v) is 8.10. The molecule has 0 aliphatic carbocycles. The van der Waals surface area contributed by atoms with Gasteiger partial charge in [-0.25, -0.2) is 0 Å². The van der Waals surface area contributed by atoms with Crippen molar-refractivity contribution < 1.29 is 29.0 Å². The Kier molecular flexibility index (Phi) is 32.0. The van der Waals surface area contributed by atoms with Gasteiger partial charge in [0.2, 0.25) is 5.91 Å². The van der Waals surface area contributed by atoms with Gasteiger partial charge in [-0.2, -0.15) is 0 Å². The van der Waals surface area contributed by atoms with Crippen molar-refractivity contribution in [1.29, 1.82) is 0 Å². The Hall–Kier alpha value is -1.63. The number of hydrogen-bond acceptors (Lipinski definition) is 6. The zero-order valence-corrected chi connectivity index (χ0v) is 28.3. The summed E-state index contributed by atoms with van der Waals surface area (Å²) in [5.41, 5.74) is 0. The molecule has 0 fully saturated rings. The Labute approximate surface area is 265 Å². The standard InChI is InChI=1S/C36H69NO6/c1-3-4-5-6-7-8-9-10-14-17-20-23-26-29-36(41)43-34(31-38)32-42-35(40)28-25-22-19-16-13-11-12-15-18-21-24-27-30-37-33(2)39/h34,38H,3-32H2,1-2H3,(H,37,39)/t34-/m1/s1. The van der Waals surface area contributed by atoms with Crippen LogP contribution in [0.3, 0.4) is 0 Å². The molecule has 7 heteroatoms. The Bertz CT molecular complexity index is 641. The highest BCUT2D eigenvalue weighted by molar-refractivity contribution is 5.72. The molecule has 0 heterocycles. The van der Waals surface area contributed by atoms with Gasteiger partial charge in [-0.1, -0.05) is 148 Å². The Balaban J connectivity index is 3.51. The maximum absolute atomic E-state index is 12.1. The van der Waals surface area contributed by atoms with Gasteiger partial charge in [-0.3, -0.25) is 14.4 Å². The smallest absolute Gasteiger partial charge is 0.306 e. The first-order valence-electron chi connectivity index (χ1n) is 18.2. The summed E-state index contributed by atoms with van der Waals surface area (Å²) < 4.78 is 10.6. The van der Waals surface area contributed by atoms with Crippen LogP contribution in [0.4, 0.5) is 0 Å². The minimum atomic E-state index is -0.776. The normalized spacial score (nSPS) is 11.8. The number of aliphatic hydroxyl groups excluding tert-OH is 1. The molecule has 7 nitrogen and oxygen atoms in total. The van der Waals surface area contributed by atoms with Crippen LogP contribution in [-0.4, -0.2) is 48.8 Å². The van der Waals surface area contributed by atoms with Crippen LogP contribution in [0, 0.1) is 0 Å². The van der Waals surface area contributed by atoms with Crippen LogP contribution < -0.4 is 5.32 Å². The van der Waals surface area contributed by atoms with Gasteiger partial charge in [-0.15, -0.1) is 0 Å². The maximum Gasteiger partial charge on any atom is 0.306 e. The van der Waals surface area contributed by atoms with Crippen molar-refractivity contribution in [2.45, 2.75) is 193 Å². The van der Waals surface area contributed by atoms with E-state index in [1.807, 2.05) is 0 Å². The minimum Gasteiger partial charge on any atom is -0.462 e. The van der Waals surface area contributed by atoms with Gasteiger partial charge in [0.05, 0.1) is 6.61 Å². The van der Waals surface area contributed by atoms with Crippen LogP contribution in [0.5, 0.6) is 0 Å². The maximum atomic E-state index is 12.1. The van der Waals surface area contributed by atoms with Gasteiger partial charge in [0.15, 0.2) is 6.10 Å². The Morgan fingerprint density at radius 1 is 0.558 bits per heavy atom. The van der Waals surface area contributed by atoms with Crippen LogP contribution in [0.25, 0.3) is 0 Å². The molecule has 0 rings (SSSR count).